The monoisotopic (exact) mass is 458 g/mol. The summed E-state index contributed by atoms with van der Waals surface area (Å²) in [5, 5.41) is 13.7. The van der Waals surface area contributed by atoms with Gasteiger partial charge < -0.3 is 5.11 Å². The van der Waals surface area contributed by atoms with Gasteiger partial charge in [0, 0.05) is 26.2 Å². The van der Waals surface area contributed by atoms with Crippen molar-refractivity contribution < 1.29 is 9.90 Å². The van der Waals surface area contributed by atoms with E-state index in [1.807, 2.05) is 42.5 Å². The van der Waals surface area contributed by atoms with Crippen LogP contribution in [0.1, 0.15) is 11.1 Å². The summed E-state index contributed by atoms with van der Waals surface area (Å²) in [4.78, 5) is 41.5. The van der Waals surface area contributed by atoms with Crippen LogP contribution in [0.3, 0.4) is 0 Å². The van der Waals surface area contributed by atoms with Gasteiger partial charge in [-0.2, -0.15) is 10.1 Å². The quantitative estimate of drug-likeness (QED) is 0.323. The topological polar surface area (TPSA) is 124 Å². The van der Waals surface area contributed by atoms with Gasteiger partial charge in [-0.15, -0.1) is 0 Å². The molecule has 0 amide bonds. The first-order valence-electron chi connectivity index (χ1n) is 10.4. The number of aryl methyl sites for hydroxylation is 1. The van der Waals surface area contributed by atoms with Gasteiger partial charge >= 0.3 is 11.7 Å². The van der Waals surface area contributed by atoms with Crippen LogP contribution in [0.2, 0.25) is 0 Å². The molecule has 0 unspecified atom stereocenters. The molecular weight excluding hydrogens is 436 g/mol. The Morgan fingerprint density at radius 3 is 2.32 bits per heavy atom. The molecule has 2 aromatic heterocycles. The lowest BCUT2D eigenvalue weighted by molar-refractivity contribution is -0.129. The Balaban J connectivity index is 1.82. The van der Waals surface area contributed by atoms with Gasteiger partial charge in [0.1, 0.15) is 0 Å². The van der Waals surface area contributed by atoms with E-state index in [9.17, 15) is 19.5 Å². The molecule has 4 rings (SSSR count). The molecule has 0 aliphatic carbocycles. The molecular formula is C24H22N6O4. The lowest BCUT2D eigenvalue weighted by atomic mass is 10.1. The van der Waals surface area contributed by atoms with Crippen LogP contribution in [0.15, 0.2) is 81.4 Å². The second-order valence-corrected chi connectivity index (χ2v) is 7.48. The van der Waals surface area contributed by atoms with E-state index >= 15 is 0 Å². The van der Waals surface area contributed by atoms with Gasteiger partial charge in [-0.3, -0.25) is 18.5 Å². The molecule has 0 fully saturated rings. The van der Waals surface area contributed by atoms with E-state index in [2.05, 4.69) is 15.5 Å². The minimum absolute atomic E-state index is 0.126. The number of fused-ring (bicyclic) bond motifs is 1. The largest absolute Gasteiger partial charge is 0.476 e. The number of anilines is 1. The minimum atomic E-state index is -1.23. The summed E-state index contributed by atoms with van der Waals surface area (Å²) in [6, 6.07) is 18.0. The predicted molar refractivity (Wildman–Crippen MR) is 130 cm³/mol. The SMILES string of the molecule is Cn1c(=O)c2c(nc(N/N=C(\C(=O)O)c3ccccc3)n2C/C=C/c2ccccc2)n(C)c1=O. The number of carboxylic acids is 1. The number of carboxylic acid groups (broad SMARTS) is 1. The highest BCUT2D eigenvalue weighted by Crippen LogP contribution is 2.17. The number of hydrogen-bond acceptors (Lipinski definition) is 6. The van der Waals surface area contributed by atoms with Gasteiger partial charge in [0.25, 0.3) is 5.56 Å². The Bertz CT molecular complexity index is 1530. The highest BCUT2D eigenvalue weighted by Gasteiger charge is 2.19. The number of hydrazone groups is 1. The van der Waals surface area contributed by atoms with Crippen LogP contribution in [-0.4, -0.2) is 35.5 Å². The van der Waals surface area contributed by atoms with Crippen LogP contribution in [0.25, 0.3) is 17.2 Å². The Morgan fingerprint density at radius 1 is 1.03 bits per heavy atom. The van der Waals surface area contributed by atoms with Gasteiger partial charge in [0.05, 0.1) is 0 Å². The summed E-state index contributed by atoms with van der Waals surface area (Å²) in [5.41, 5.74) is 3.15. The normalized spacial score (nSPS) is 11.9. The smallest absolute Gasteiger partial charge is 0.356 e. The van der Waals surface area contributed by atoms with E-state index in [-0.39, 0.29) is 29.4 Å². The third kappa shape index (κ3) is 4.29. The molecule has 0 aliphatic rings. The highest BCUT2D eigenvalue weighted by molar-refractivity contribution is 6.42. The lowest BCUT2D eigenvalue weighted by Gasteiger charge is -2.07. The third-order valence-corrected chi connectivity index (χ3v) is 5.26. The molecule has 0 spiro atoms. The molecule has 0 saturated heterocycles. The number of allylic oxidation sites excluding steroid dienone is 1. The predicted octanol–water partition coefficient (Wildman–Crippen LogP) is 2.05. The fourth-order valence-electron chi connectivity index (χ4n) is 3.51. The first-order valence-corrected chi connectivity index (χ1v) is 10.4. The first kappa shape index (κ1) is 22.5. The maximum atomic E-state index is 12.9. The minimum Gasteiger partial charge on any atom is -0.476 e. The zero-order valence-electron chi connectivity index (χ0n) is 18.5. The lowest BCUT2D eigenvalue weighted by Crippen LogP contribution is -2.37. The number of aromatic nitrogens is 4. The molecule has 0 aliphatic heterocycles. The van der Waals surface area contributed by atoms with Crippen LogP contribution in [-0.2, 0) is 25.4 Å². The van der Waals surface area contributed by atoms with Crippen molar-refractivity contribution in [2.24, 2.45) is 19.2 Å². The number of nitrogens with zero attached hydrogens (tertiary/aromatic N) is 5. The zero-order valence-corrected chi connectivity index (χ0v) is 18.5. The van der Waals surface area contributed by atoms with Crippen molar-refractivity contribution >= 4 is 34.9 Å². The summed E-state index contributed by atoms with van der Waals surface area (Å²) in [6.07, 6.45) is 3.73. The zero-order chi connectivity index (χ0) is 24.2. The van der Waals surface area contributed by atoms with Crippen molar-refractivity contribution in [1.29, 1.82) is 0 Å². The average molecular weight is 458 g/mol. The Labute approximate surface area is 193 Å². The van der Waals surface area contributed by atoms with Crippen LogP contribution in [0.4, 0.5) is 5.95 Å². The van der Waals surface area contributed by atoms with Gasteiger partial charge in [-0.25, -0.2) is 15.0 Å². The summed E-state index contributed by atoms with van der Waals surface area (Å²) in [6.45, 7) is 0.227. The Kier molecular flexibility index (Phi) is 6.22. The van der Waals surface area contributed by atoms with E-state index < -0.39 is 17.2 Å². The van der Waals surface area contributed by atoms with Crippen molar-refractivity contribution in [3.8, 4) is 0 Å². The first-order chi connectivity index (χ1) is 16.4. The maximum absolute atomic E-state index is 12.9. The second kappa shape index (κ2) is 9.41. The maximum Gasteiger partial charge on any atom is 0.356 e. The molecule has 0 saturated carbocycles. The summed E-state index contributed by atoms with van der Waals surface area (Å²) in [5.74, 6) is -1.10. The molecule has 0 atom stereocenters. The third-order valence-electron chi connectivity index (χ3n) is 5.26. The van der Waals surface area contributed by atoms with E-state index in [1.54, 1.807) is 34.9 Å². The molecule has 2 aromatic carbocycles. The molecule has 0 radical (unpaired) electrons. The van der Waals surface area contributed by atoms with E-state index in [0.29, 0.717) is 5.56 Å². The molecule has 10 heteroatoms. The molecule has 2 heterocycles. The molecule has 0 bridgehead atoms. The summed E-state index contributed by atoms with van der Waals surface area (Å²) < 4.78 is 3.82. The molecule has 2 N–H and O–H groups in total. The average Bonchev–Trinajstić information content (AvgIpc) is 3.21. The van der Waals surface area contributed by atoms with Crippen LogP contribution < -0.4 is 16.7 Å². The van der Waals surface area contributed by atoms with Gasteiger partial charge in [-0.1, -0.05) is 72.8 Å². The van der Waals surface area contributed by atoms with E-state index in [0.717, 1.165) is 10.1 Å². The number of nitrogens with one attached hydrogen (secondary N) is 1. The van der Waals surface area contributed by atoms with Gasteiger partial charge in [0.2, 0.25) is 5.95 Å². The number of hydrogen-bond donors (Lipinski definition) is 2. The number of aliphatic carboxylic acids is 1. The van der Waals surface area contributed by atoms with Crippen LogP contribution >= 0.6 is 0 Å². The number of carbonyl (C=O) groups is 1. The van der Waals surface area contributed by atoms with Crippen molar-refractivity contribution in [3.05, 3.63) is 98.7 Å². The molecule has 172 valence electrons. The number of benzene rings is 2. The van der Waals surface area contributed by atoms with Gasteiger partial charge in [0.15, 0.2) is 16.9 Å². The number of imidazole rings is 1. The van der Waals surface area contributed by atoms with Crippen LogP contribution in [0, 0.1) is 0 Å². The van der Waals surface area contributed by atoms with Crippen molar-refractivity contribution in [2.45, 2.75) is 6.54 Å². The summed E-state index contributed by atoms with van der Waals surface area (Å²) in [7, 11) is 2.91. The number of rotatable bonds is 7. The van der Waals surface area contributed by atoms with Crippen molar-refractivity contribution in [3.63, 3.8) is 0 Å². The van der Waals surface area contributed by atoms with Crippen LogP contribution in [0.5, 0.6) is 0 Å². The molecule has 4 aromatic rings. The van der Waals surface area contributed by atoms with E-state index in [1.165, 1.54) is 18.7 Å². The van der Waals surface area contributed by atoms with Gasteiger partial charge in [-0.05, 0) is 5.56 Å². The fraction of sp³-hybridized carbons (Fsp3) is 0.125. The standard InChI is InChI=1S/C24H22N6O4/c1-28-20-19(21(31)29(2)24(28)34)30(15-9-12-16-10-5-3-6-11-16)23(25-20)27-26-18(22(32)33)17-13-7-4-8-14-17/h3-14H,15H2,1-2H3,(H,25,27)(H,32,33)/b12-9+,26-18-. The summed E-state index contributed by atoms with van der Waals surface area (Å²) >= 11 is 0. The fourth-order valence-corrected chi connectivity index (χ4v) is 3.51. The Morgan fingerprint density at radius 2 is 1.68 bits per heavy atom. The second-order valence-electron chi connectivity index (χ2n) is 7.48. The molecule has 10 nitrogen and oxygen atoms in total. The molecule has 34 heavy (non-hydrogen) atoms. The van der Waals surface area contributed by atoms with Crippen molar-refractivity contribution in [1.82, 2.24) is 18.7 Å². The van der Waals surface area contributed by atoms with Crippen molar-refractivity contribution in [2.75, 3.05) is 5.43 Å². The van der Waals surface area contributed by atoms with E-state index in [4.69, 9.17) is 0 Å². The highest BCUT2D eigenvalue weighted by atomic mass is 16.4. The Hall–Kier alpha value is -4.73.